The van der Waals surface area contributed by atoms with E-state index < -0.39 is 0 Å². The lowest BCUT2D eigenvalue weighted by atomic mass is 9.89. The summed E-state index contributed by atoms with van der Waals surface area (Å²) in [4.78, 5) is 11.6. The first-order valence-electron chi connectivity index (χ1n) is 5.98. The predicted molar refractivity (Wildman–Crippen MR) is 60.6 cm³/mol. The molecule has 1 rings (SSSR count). The minimum Gasteiger partial charge on any atom is -0.465 e. The van der Waals surface area contributed by atoms with Crippen molar-refractivity contribution in [1.82, 2.24) is 5.32 Å². The second kappa shape index (κ2) is 6.11. The zero-order valence-electron chi connectivity index (χ0n) is 10.1. The van der Waals surface area contributed by atoms with Gasteiger partial charge in [0.2, 0.25) is 0 Å². The van der Waals surface area contributed by atoms with Crippen LogP contribution >= 0.6 is 0 Å². The average Bonchev–Trinajstić information content (AvgIpc) is 2.08. The van der Waals surface area contributed by atoms with Crippen molar-refractivity contribution in [2.75, 3.05) is 19.7 Å². The van der Waals surface area contributed by atoms with Crippen molar-refractivity contribution in [2.45, 2.75) is 33.6 Å². The summed E-state index contributed by atoms with van der Waals surface area (Å²) in [6.45, 7) is 8.84. The van der Waals surface area contributed by atoms with Gasteiger partial charge in [0.25, 0.3) is 0 Å². The fourth-order valence-electron chi connectivity index (χ4n) is 1.65. The van der Waals surface area contributed by atoms with Gasteiger partial charge < -0.3 is 10.1 Å². The van der Waals surface area contributed by atoms with Gasteiger partial charge in [-0.1, -0.05) is 20.8 Å². The number of nitrogens with one attached hydrogen (secondary N) is 1. The molecule has 0 aromatic carbocycles. The van der Waals surface area contributed by atoms with Gasteiger partial charge in [-0.15, -0.1) is 0 Å². The maximum Gasteiger partial charge on any atom is 0.309 e. The fourth-order valence-corrected chi connectivity index (χ4v) is 1.65. The lowest BCUT2D eigenvalue weighted by molar-refractivity contribution is -0.150. The molecule has 3 heteroatoms. The van der Waals surface area contributed by atoms with Crippen LogP contribution in [-0.4, -0.2) is 25.7 Å². The highest BCUT2D eigenvalue weighted by Crippen LogP contribution is 2.17. The lowest BCUT2D eigenvalue weighted by Crippen LogP contribution is -2.47. The molecule has 1 fully saturated rings. The van der Waals surface area contributed by atoms with E-state index in [2.05, 4.69) is 19.2 Å². The van der Waals surface area contributed by atoms with Crippen LogP contribution < -0.4 is 5.32 Å². The highest BCUT2D eigenvalue weighted by molar-refractivity contribution is 5.72. The van der Waals surface area contributed by atoms with Gasteiger partial charge in [0, 0.05) is 0 Å². The average molecular weight is 213 g/mol. The van der Waals surface area contributed by atoms with Crippen LogP contribution in [0.1, 0.15) is 33.6 Å². The molecule has 1 aliphatic heterocycles. The maximum atomic E-state index is 11.6. The Balaban J connectivity index is 2.07. The summed E-state index contributed by atoms with van der Waals surface area (Å²) in [5.74, 6) is 1.22. The van der Waals surface area contributed by atoms with Crippen molar-refractivity contribution in [3.63, 3.8) is 0 Å². The number of rotatable bonds is 6. The molecule has 88 valence electrons. The molecule has 0 amide bonds. The van der Waals surface area contributed by atoms with E-state index in [-0.39, 0.29) is 11.9 Å². The Bertz CT molecular complexity index is 200. The van der Waals surface area contributed by atoms with Crippen LogP contribution in [0.25, 0.3) is 0 Å². The van der Waals surface area contributed by atoms with Gasteiger partial charge in [-0.25, -0.2) is 0 Å². The van der Waals surface area contributed by atoms with Gasteiger partial charge >= 0.3 is 5.97 Å². The Hall–Kier alpha value is -0.570. The van der Waals surface area contributed by atoms with Gasteiger partial charge in [0.15, 0.2) is 0 Å². The van der Waals surface area contributed by atoms with Crippen LogP contribution in [0.4, 0.5) is 0 Å². The predicted octanol–water partition coefficient (Wildman–Crippen LogP) is 1.82. The van der Waals surface area contributed by atoms with E-state index in [4.69, 9.17) is 4.74 Å². The number of esters is 1. The lowest BCUT2D eigenvalue weighted by Gasteiger charge is -2.31. The number of carbonyl (C=O) groups excluding carboxylic acids is 1. The third-order valence-electron chi connectivity index (χ3n) is 3.06. The molecule has 0 spiro atoms. The molecule has 0 saturated carbocycles. The first-order valence-corrected chi connectivity index (χ1v) is 5.98. The molecule has 0 aromatic heterocycles. The van der Waals surface area contributed by atoms with E-state index in [1.54, 1.807) is 0 Å². The van der Waals surface area contributed by atoms with Gasteiger partial charge in [-0.2, -0.15) is 0 Å². The summed E-state index contributed by atoms with van der Waals surface area (Å²) in [5, 5.41) is 3.17. The largest absolute Gasteiger partial charge is 0.465 e. The second-order valence-corrected chi connectivity index (χ2v) is 4.91. The van der Waals surface area contributed by atoms with Crippen LogP contribution in [0, 0.1) is 17.8 Å². The van der Waals surface area contributed by atoms with E-state index in [0.717, 1.165) is 25.9 Å². The van der Waals surface area contributed by atoms with Gasteiger partial charge in [0.05, 0.1) is 12.5 Å². The molecule has 0 bridgehead atoms. The second-order valence-electron chi connectivity index (χ2n) is 4.91. The summed E-state index contributed by atoms with van der Waals surface area (Å²) in [6, 6.07) is 0. The molecule has 1 saturated heterocycles. The maximum absolute atomic E-state index is 11.6. The molecule has 0 aromatic rings. The number of ether oxygens (including phenoxy) is 1. The first-order chi connectivity index (χ1) is 7.11. The van der Waals surface area contributed by atoms with Crippen molar-refractivity contribution < 1.29 is 9.53 Å². The molecule has 15 heavy (non-hydrogen) atoms. The molecule has 1 unspecified atom stereocenters. The third-order valence-corrected chi connectivity index (χ3v) is 3.06. The SMILES string of the molecule is CC(C)CCCOC(=O)C(C)C1CNC1. The van der Waals surface area contributed by atoms with Crippen LogP contribution in [0.15, 0.2) is 0 Å². The summed E-state index contributed by atoms with van der Waals surface area (Å²) in [6.07, 6.45) is 2.12. The zero-order chi connectivity index (χ0) is 11.3. The normalized spacial score (nSPS) is 18.7. The zero-order valence-corrected chi connectivity index (χ0v) is 10.1. The Morgan fingerprint density at radius 1 is 1.40 bits per heavy atom. The minimum absolute atomic E-state index is 0.0229. The minimum atomic E-state index is -0.0229. The molecule has 1 atom stereocenters. The molecule has 0 aliphatic carbocycles. The van der Waals surface area contributed by atoms with Crippen molar-refractivity contribution in [2.24, 2.45) is 17.8 Å². The van der Waals surface area contributed by atoms with Crippen LogP contribution in [0.3, 0.4) is 0 Å². The summed E-state index contributed by atoms with van der Waals surface area (Å²) in [7, 11) is 0. The quantitative estimate of drug-likeness (QED) is 0.540. The van der Waals surface area contributed by atoms with Crippen molar-refractivity contribution in [3.05, 3.63) is 0 Å². The molecule has 1 heterocycles. The van der Waals surface area contributed by atoms with Crippen molar-refractivity contribution in [1.29, 1.82) is 0 Å². The topological polar surface area (TPSA) is 38.3 Å². The van der Waals surface area contributed by atoms with Crippen LogP contribution in [-0.2, 0) is 9.53 Å². The monoisotopic (exact) mass is 213 g/mol. The molecule has 1 N–H and O–H groups in total. The Morgan fingerprint density at radius 3 is 2.53 bits per heavy atom. The number of carbonyl (C=O) groups is 1. The van der Waals surface area contributed by atoms with Gasteiger partial charge in [-0.3, -0.25) is 4.79 Å². The van der Waals surface area contributed by atoms with E-state index in [1.807, 2.05) is 6.92 Å². The molecular formula is C12H23NO2. The van der Waals surface area contributed by atoms with Gasteiger partial charge in [0.1, 0.15) is 0 Å². The van der Waals surface area contributed by atoms with Crippen molar-refractivity contribution in [3.8, 4) is 0 Å². The molecule has 1 aliphatic rings. The highest BCUT2D eigenvalue weighted by Gasteiger charge is 2.29. The fraction of sp³-hybridized carbons (Fsp3) is 0.917. The van der Waals surface area contributed by atoms with Gasteiger partial charge in [-0.05, 0) is 37.8 Å². The Labute approximate surface area is 92.6 Å². The molecule has 0 radical (unpaired) electrons. The Morgan fingerprint density at radius 2 is 2.07 bits per heavy atom. The van der Waals surface area contributed by atoms with E-state index >= 15 is 0 Å². The smallest absolute Gasteiger partial charge is 0.309 e. The van der Waals surface area contributed by atoms with Crippen LogP contribution in [0.2, 0.25) is 0 Å². The first kappa shape index (κ1) is 12.5. The van der Waals surface area contributed by atoms with Crippen molar-refractivity contribution >= 4 is 5.97 Å². The number of hydrogen-bond acceptors (Lipinski definition) is 3. The van der Waals surface area contributed by atoms with E-state index in [0.29, 0.717) is 18.4 Å². The highest BCUT2D eigenvalue weighted by atomic mass is 16.5. The number of hydrogen-bond donors (Lipinski definition) is 1. The Kier molecular flexibility index (Phi) is 5.09. The van der Waals surface area contributed by atoms with E-state index in [1.165, 1.54) is 0 Å². The third kappa shape index (κ3) is 4.20. The standard InChI is InChI=1S/C12H23NO2/c1-9(2)5-4-6-15-12(14)10(3)11-7-13-8-11/h9-11,13H,4-8H2,1-3H3. The molecular weight excluding hydrogens is 190 g/mol. The van der Waals surface area contributed by atoms with Crippen LogP contribution in [0.5, 0.6) is 0 Å². The molecule has 3 nitrogen and oxygen atoms in total. The summed E-state index contributed by atoms with van der Waals surface area (Å²) < 4.78 is 5.24. The van der Waals surface area contributed by atoms with E-state index in [9.17, 15) is 4.79 Å². The summed E-state index contributed by atoms with van der Waals surface area (Å²) in [5.41, 5.74) is 0. The summed E-state index contributed by atoms with van der Waals surface area (Å²) >= 11 is 0.